The first-order chi connectivity index (χ1) is 8.19. The molecule has 0 radical (unpaired) electrons. The molecule has 18 heavy (non-hydrogen) atoms. The van der Waals surface area contributed by atoms with E-state index in [0.717, 1.165) is 6.26 Å². The van der Waals surface area contributed by atoms with Gasteiger partial charge in [0, 0.05) is 17.9 Å². The lowest BCUT2D eigenvalue weighted by molar-refractivity contribution is 0.0943. The predicted octanol–water partition coefficient (Wildman–Crippen LogP) is 1.75. The zero-order valence-electron chi connectivity index (χ0n) is 9.91. The monoisotopic (exact) mass is 337 g/mol. The highest BCUT2D eigenvalue weighted by Gasteiger charge is 2.15. The summed E-state index contributed by atoms with van der Waals surface area (Å²) in [6.45, 7) is 1.59. The highest BCUT2D eigenvalue weighted by molar-refractivity contribution is 9.10. The minimum Gasteiger partial charge on any atom is -0.349 e. The molecule has 1 amide bonds. The summed E-state index contributed by atoms with van der Waals surface area (Å²) in [5, 5.41) is 2.54. The Bertz CT molecular complexity index is 559. The Hall–Kier alpha value is -0.950. The molecule has 4 nitrogen and oxygen atoms in total. The minimum atomic E-state index is -3.15. The molecule has 0 heterocycles. The van der Waals surface area contributed by atoms with Gasteiger partial charge in [0.15, 0.2) is 0 Å². The maximum absolute atomic E-state index is 13.0. The summed E-state index contributed by atoms with van der Waals surface area (Å²) in [6, 6.07) is 3.34. The van der Waals surface area contributed by atoms with Crippen LogP contribution in [-0.2, 0) is 9.84 Å². The second-order valence-corrected chi connectivity index (χ2v) is 7.13. The lowest BCUT2D eigenvalue weighted by atomic mass is 10.2. The molecule has 0 aliphatic rings. The molecule has 1 aromatic rings. The molecule has 0 aliphatic heterocycles. The van der Waals surface area contributed by atoms with Crippen molar-refractivity contribution in [3.05, 3.63) is 34.1 Å². The molecule has 0 aromatic heterocycles. The van der Waals surface area contributed by atoms with Gasteiger partial charge in [-0.2, -0.15) is 0 Å². The third kappa shape index (κ3) is 4.73. The van der Waals surface area contributed by atoms with Gasteiger partial charge in [0.25, 0.3) is 5.91 Å². The van der Waals surface area contributed by atoms with Gasteiger partial charge in [0.05, 0.1) is 10.2 Å². The molecule has 0 saturated carbocycles. The van der Waals surface area contributed by atoms with Crippen LogP contribution in [0.5, 0.6) is 0 Å². The van der Waals surface area contributed by atoms with E-state index < -0.39 is 27.6 Å². The standard InChI is InChI=1S/C11H13BrFNO3S/c1-7(6-18(2,16)17)14-11(15)8-3-4-10(13)9(12)5-8/h3-5,7H,6H2,1-2H3,(H,14,15)/t7-/m1/s1. The lowest BCUT2D eigenvalue weighted by Crippen LogP contribution is -2.37. The van der Waals surface area contributed by atoms with Crippen LogP contribution in [0.3, 0.4) is 0 Å². The van der Waals surface area contributed by atoms with Crippen LogP contribution >= 0.6 is 15.9 Å². The van der Waals surface area contributed by atoms with Gasteiger partial charge in [-0.3, -0.25) is 4.79 Å². The Balaban J connectivity index is 2.73. The molecule has 0 saturated heterocycles. The third-order valence-electron chi connectivity index (χ3n) is 2.11. The van der Waals surface area contributed by atoms with Gasteiger partial charge in [-0.1, -0.05) is 0 Å². The summed E-state index contributed by atoms with van der Waals surface area (Å²) in [5.74, 6) is -1.04. The number of halogens is 2. The van der Waals surface area contributed by atoms with Crippen molar-refractivity contribution in [3.8, 4) is 0 Å². The van der Waals surface area contributed by atoms with E-state index >= 15 is 0 Å². The second-order valence-electron chi connectivity index (χ2n) is 4.10. The molecule has 7 heteroatoms. The maximum Gasteiger partial charge on any atom is 0.251 e. The number of carbonyl (C=O) groups excluding carboxylic acids is 1. The zero-order valence-corrected chi connectivity index (χ0v) is 12.3. The summed E-state index contributed by atoms with van der Waals surface area (Å²) >= 11 is 2.98. The third-order valence-corrected chi connectivity index (χ3v) is 3.83. The number of rotatable bonds is 4. The molecule has 0 spiro atoms. The van der Waals surface area contributed by atoms with Crippen molar-refractivity contribution in [3.63, 3.8) is 0 Å². The highest BCUT2D eigenvalue weighted by atomic mass is 79.9. The summed E-state index contributed by atoms with van der Waals surface area (Å²) in [7, 11) is -3.15. The van der Waals surface area contributed by atoms with Gasteiger partial charge in [-0.25, -0.2) is 12.8 Å². The molecule has 1 aromatic carbocycles. The predicted molar refractivity (Wildman–Crippen MR) is 70.7 cm³/mol. The highest BCUT2D eigenvalue weighted by Crippen LogP contribution is 2.16. The topological polar surface area (TPSA) is 63.2 Å². The van der Waals surface area contributed by atoms with Crippen LogP contribution < -0.4 is 5.32 Å². The van der Waals surface area contributed by atoms with Gasteiger partial charge in [0.1, 0.15) is 15.7 Å². The van der Waals surface area contributed by atoms with Gasteiger partial charge in [-0.05, 0) is 41.1 Å². The van der Waals surface area contributed by atoms with Gasteiger partial charge < -0.3 is 5.32 Å². The smallest absolute Gasteiger partial charge is 0.251 e. The molecular weight excluding hydrogens is 325 g/mol. The minimum absolute atomic E-state index is 0.138. The fourth-order valence-electron chi connectivity index (χ4n) is 1.44. The number of hydrogen-bond acceptors (Lipinski definition) is 3. The number of carbonyl (C=O) groups is 1. The molecule has 1 rings (SSSR count). The van der Waals surface area contributed by atoms with E-state index in [2.05, 4.69) is 21.2 Å². The fraction of sp³-hybridized carbons (Fsp3) is 0.364. The number of benzene rings is 1. The largest absolute Gasteiger partial charge is 0.349 e. The first-order valence-electron chi connectivity index (χ1n) is 5.12. The van der Waals surface area contributed by atoms with Crippen LogP contribution in [0.2, 0.25) is 0 Å². The first kappa shape index (κ1) is 15.1. The van der Waals surface area contributed by atoms with E-state index in [1.165, 1.54) is 18.2 Å². The Labute approximate surface area is 114 Å². The maximum atomic E-state index is 13.0. The van der Waals surface area contributed by atoms with E-state index in [4.69, 9.17) is 0 Å². The van der Waals surface area contributed by atoms with Crippen molar-refractivity contribution in [1.82, 2.24) is 5.32 Å². The average Bonchev–Trinajstić information content (AvgIpc) is 2.18. The van der Waals surface area contributed by atoms with Crippen LogP contribution in [0.25, 0.3) is 0 Å². The lowest BCUT2D eigenvalue weighted by Gasteiger charge is -2.12. The molecule has 0 fully saturated rings. The molecule has 0 aliphatic carbocycles. The normalized spacial score (nSPS) is 13.1. The molecule has 0 bridgehead atoms. The fourth-order valence-corrected chi connectivity index (χ4v) is 2.81. The van der Waals surface area contributed by atoms with E-state index in [1.807, 2.05) is 0 Å². The zero-order chi connectivity index (χ0) is 13.9. The van der Waals surface area contributed by atoms with Crippen LogP contribution in [-0.4, -0.2) is 32.4 Å². The van der Waals surface area contributed by atoms with E-state index in [0.29, 0.717) is 0 Å². The molecule has 1 atom stereocenters. The number of amides is 1. The number of hydrogen-bond donors (Lipinski definition) is 1. The summed E-state index contributed by atoms with van der Waals surface area (Å²) in [4.78, 5) is 11.8. The molecule has 1 N–H and O–H groups in total. The Morgan fingerprint density at radius 2 is 2.11 bits per heavy atom. The van der Waals surface area contributed by atoms with Crippen molar-refractivity contribution in [2.75, 3.05) is 12.0 Å². The molecule has 0 unspecified atom stereocenters. The molecular formula is C11H13BrFNO3S. The Kier molecular flexibility index (Phi) is 4.86. The quantitative estimate of drug-likeness (QED) is 0.910. The Morgan fingerprint density at radius 3 is 2.61 bits per heavy atom. The van der Waals surface area contributed by atoms with E-state index in [9.17, 15) is 17.6 Å². The number of sulfone groups is 1. The van der Waals surface area contributed by atoms with Crippen molar-refractivity contribution < 1.29 is 17.6 Å². The van der Waals surface area contributed by atoms with Crippen LogP contribution in [0.15, 0.2) is 22.7 Å². The van der Waals surface area contributed by atoms with Crippen LogP contribution in [0, 0.1) is 5.82 Å². The SMILES string of the molecule is C[C@H](CS(C)(=O)=O)NC(=O)c1ccc(F)c(Br)c1. The van der Waals surface area contributed by atoms with Crippen LogP contribution in [0.1, 0.15) is 17.3 Å². The van der Waals surface area contributed by atoms with Gasteiger partial charge in [0.2, 0.25) is 0 Å². The van der Waals surface area contributed by atoms with Gasteiger partial charge >= 0.3 is 0 Å². The van der Waals surface area contributed by atoms with Crippen molar-refractivity contribution in [1.29, 1.82) is 0 Å². The Morgan fingerprint density at radius 1 is 1.50 bits per heavy atom. The summed E-state index contributed by atoms with van der Waals surface area (Å²) in [5.41, 5.74) is 0.267. The van der Waals surface area contributed by atoms with Crippen molar-refractivity contribution in [2.45, 2.75) is 13.0 Å². The van der Waals surface area contributed by atoms with E-state index in [1.54, 1.807) is 6.92 Å². The summed E-state index contributed by atoms with van der Waals surface area (Å²) in [6.07, 6.45) is 1.10. The summed E-state index contributed by atoms with van der Waals surface area (Å²) < 4.78 is 35.3. The van der Waals surface area contributed by atoms with Gasteiger partial charge in [-0.15, -0.1) is 0 Å². The first-order valence-corrected chi connectivity index (χ1v) is 7.98. The van der Waals surface area contributed by atoms with Crippen molar-refractivity contribution in [2.24, 2.45) is 0 Å². The average molecular weight is 338 g/mol. The second kappa shape index (κ2) is 5.79. The number of nitrogens with one attached hydrogen (secondary N) is 1. The van der Waals surface area contributed by atoms with E-state index in [-0.39, 0.29) is 15.8 Å². The van der Waals surface area contributed by atoms with Crippen LogP contribution in [0.4, 0.5) is 4.39 Å². The molecule has 100 valence electrons. The van der Waals surface area contributed by atoms with Crippen molar-refractivity contribution >= 4 is 31.7 Å².